The summed E-state index contributed by atoms with van der Waals surface area (Å²) >= 11 is 0. The molecule has 1 aromatic heterocycles. The van der Waals surface area contributed by atoms with Gasteiger partial charge in [0, 0.05) is 32.6 Å². The third-order valence-corrected chi connectivity index (χ3v) is 7.09. The molecule has 0 N–H and O–H groups in total. The van der Waals surface area contributed by atoms with E-state index in [-0.39, 0.29) is 29.7 Å². The van der Waals surface area contributed by atoms with Crippen LogP contribution in [0.15, 0.2) is 33.7 Å². The van der Waals surface area contributed by atoms with Crippen LogP contribution >= 0.6 is 0 Å². The molecule has 0 spiro atoms. The quantitative estimate of drug-likeness (QED) is 0.637. The number of aromatic nitrogens is 1. The van der Waals surface area contributed by atoms with Gasteiger partial charge in [0.25, 0.3) is 0 Å². The first-order valence-electron chi connectivity index (χ1n) is 9.69. The fourth-order valence-corrected chi connectivity index (χ4v) is 5.14. The van der Waals surface area contributed by atoms with Gasteiger partial charge in [-0.1, -0.05) is 17.3 Å². The first-order chi connectivity index (χ1) is 13.8. The zero-order valence-corrected chi connectivity index (χ0v) is 17.9. The van der Waals surface area contributed by atoms with E-state index >= 15 is 0 Å². The van der Waals surface area contributed by atoms with Crippen molar-refractivity contribution >= 4 is 15.9 Å². The molecule has 29 heavy (non-hydrogen) atoms. The Morgan fingerprint density at radius 2 is 1.90 bits per heavy atom. The molecule has 0 bridgehead atoms. The normalized spacial score (nSPS) is 15.5. The fourth-order valence-electron chi connectivity index (χ4n) is 3.43. The van der Waals surface area contributed by atoms with Crippen molar-refractivity contribution in [2.24, 2.45) is 0 Å². The molecule has 1 aliphatic heterocycles. The number of hydrogen-bond acceptors (Lipinski definition) is 6. The van der Waals surface area contributed by atoms with Crippen LogP contribution in [-0.2, 0) is 14.8 Å². The van der Waals surface area contributed by atoms with Gasteiger partial charge >= 0.3 is 0 Å². The number of hydrogen-bond donors (Lipinski definition) is 0. The number of benzene rings is 1. The van der Waals surface area contributed by atoms with Gasteiger partial charge in [-0.2, -0.15) is 4.31 Å². The van der Waals surface area contributed by atoms with Gasteiger partial charge in [0.1, 0.15) is 16.3 Å². The van der Waals surface area contributed by atoms with Gasteiger partial charge in [-0.15, -0.1) is 0 Å². The maximum atomic E-state index is 12.8. The average molecular weight is 422 g/mol. The lowest BCUT2D eigenvalue weighted by Crippen LogP contribution is -2.50. The van der Waals surface area contributed by atoms with E-state index in [0.717, 1.165) is 11.3 Å². The molecule has 1 fully saturated rings. The van der Waals surface area contributed by atoms with Crippen molar-refractivity contribution < 1.29 is 22.5 Å². The zero-order valence-electron chi connectivity index (χ0n) is 17.1. The molecular weight excluding hydrogens is 394 g/mol. The summed E-state index contributed by atoms with van der Waals surface area (Å²) in [6.07, 6.45) is 0.993. The predicted octanol–water partition coefficient (Wildman–Crippen LogP) is 2.29. The van der Waals surface area contributed by atoms with Crippen molar-refractivity contribution in [1.29, 1.82) is 0 Å². The molecule has 1 amide bonds. The van der Waals surface area contributed by atoms with E-state index in [1.807, 2.05) is 31.2 Å². The van der Waals surface area contributed by atoms with Gasteiger partial charge in [-0.05, 0) is 44.9 Å². The minimum Gasteiger partial charge on any atom is -0.494 e. The maximum absolute atomic E-state index is 12.8. The Hall–Kier alpha value is -2.39. The van der Waals surface area contributed by atoms with E-state index < -0.39 is 10.0 Å². The minimum atomic E-state index is -3.67. The van der Waals surface area contributed by atoms with Crippen molar-refractivity contribution in [2.45, 2.75) is 38.5 Å². The molecule has 1 aromatic carbocycles. The lowest BCUT2D eigenvalue weighted by atomic mass is 10.2. The highest BCUT2D eigenvalue weighted by atomic mass is 32.2. The summed E-state index contributed by atoms with van der Waals surface area (Å²) in [5.41, 5.74) is 1.48. The van der Waals surface area contributed by atoms with Gasteiger partial charge in [0.05, 0.1) is 6.61 Å². The van der Waals surface area contributed by atoms with Gasteiger partial charge in [0.2, 0.25) is 15.9 Å². The molecule has 0 saturated carbocycles. The molecule has 2 heterocycles. The summed E-state index contributed by atoms with van der Waals surface area (Å²) < 4.78 is 37.7. The standard InChI is InChI=1S/C20H27N3O5S/c1-15-6-4-7-18(14-15)27-13-5-8-19(24)22-9-11-23(12-10-22)29(25,26)20-16(2)21-28-17(20)3/h4,6-7,14H,5,8-13H2,1-3H3. The third-order valence-electron chi connectivity index (χ3n) is 4.95. The number of sulfonamides is 1. The van der Waals surface area contributed by atoms with Crippen LogP contribution in [0, 0.1) is 20.8 Å². The summed E-state index contributed by atoms with van der Waals surface area (Å²) in [4.78, 5) is 14.3. The Morgan fingerprint density at radius 1 is 1.17 bits per heavy atom. The molecule has 0 unspecified atom stereocenters. The second kappa shape index (κ2) is 8.96. The number of carbonyl (C=O) groups is 1. The smallest absolute Gasteiger partial charge is 0.248 e. The molecule has 158 valence electrons. The topological polar surface area (TPSA) is 93.0 Å². The van der Waals surface area contributed by atoms with E-state index in [0.29, 0.717) is 38.2 Å². The zero-order chi connectivity index (χ0) is 21.0. The lowest BCUT2D eigenvalue weighted by molar-refractivity contribution is -0.132. The molecule has 0 radical (unpaired) electrons. The number of amides is 1. The highest BCUT2D eigenvalue weighted by molar-refractivity contribution is 7.89. The van der Waals surface area contributed by atoms with Crippen LogP contribution in [0.2, 0.25) is 0 Å². The second-order valence-electron chi connectivity index (χ2n) is 7.21. The maximum Gasteiger partial charge on any atom is 0.248 e. The van der Waals surface area contributed by atoms with Crippen molar-refractivity contribution in [2.75, 3.05) is 32.8 Å². The van der Waals surface area contributed by atoms with Crippen LogP contribution in [0.4, 0.5) is 0 Å². The van der Waals surface area contributed by atoms with Crippen molar-refractivity contribution in [3.8, 4) is 5.75 Å². The Morgan fingerprint density at radius 3 is 2.52 bits per heavy atom. The van der Waals surface area contributed by atoms with Crippen LogP contribution in [0.3, 0.4) is 0 Å². The molecule has 8 nitrogen and oxygen atoms in total. The summed E-state index contributed by atoms with van der Waals surface area (Å²) in [7, 11) is -3.67. The van der Waals surface area contributed by atoms with Gasteiger partial charge in [-0.3, -0.25) is 4.79 Å². The van der Waals surface area contributed by atoms with Gasteiger partial charge < -0.3 is 14.2 Å². The first-order valence-corrected chi connectivity index (χ1v) is 11.1. The number of nitrogens with zero attached hydrogens (tertiary/aromatic N) is 3. The minimum absolute atomic E-state index is 0.0206. The molecule has 0 aliphatic carbocycles. The largest absolute Gasteiger partial charge is 0.494 e. The predicted molar refractivity (Wildman–Crippen MR) is 107 cm³/mol. The monoisotopic (exact) mass is 421 g/mol. The van der Waals surface area contributed by atoms with Crippen LogP contribution in [0.25, 0.3) is 0 Å². The number of piperazine rings is 1. The average Bonchev–Trinajstić information content (AvgIpc) is 3.04. The Kier molecular flexibility index (Phi) is 6.59. The van der Waals surface area contributed by atoms with Crippen molar-refractivity contribution in [3.05, 3.63) is 41.3 Å². The van der Waals surface area contributed by atoms with Gasteiger partial charge in [-0.25, -0.2) is 8.42 Å². The summed E-state index contributed by atoms with van der Waals surface area (Å²) in [5.74, 6) is 1.11. The molecule has 9 heteroatoms. The number of carbonyl (C=O) groups excluding carboxylic acids is 1. The molecule has 1 saturated heterocycles. The van der Waals surface area contributed by atoms with E-state index in [2.05, 4.69) is 5.16 Å². The molecule has 2 aromatic rings. The van der Waals surface area contributed by atoms with E-state index in [9.17, 15) is 13.2 Å². The number of rotatable bonds is 7. The summed E-state index contributed by atoms with van der Waals surface area (Å²) in [5, 5.41) is 3.73. The highest BCUT2D eigenvalue weighted by Crippen LogP contribution is 2.24. The Bertz CT molecular complexity index is 943. The molecule has 3 rings (SSSR count). The summed E-state index contributed by atoms with van der Waals surface area (Å²) in [6, 6.07) is 7.79. The fraction of sp³-hybridized carbons (Fsp3) is 0.500. The Balaban J connectivity index is 1.46. The van der Waals surface area contributed by atoms with Crippen LogP contribution in [0.1, 0.15) is 29.9 Å². The van der Waals surface area contributed by atoms with E-state index in [1.54, 1.807) is 18.7 Å². The number of aryl methyl sites for hydroxylation is 3. The third kappa shape index (κ3) is 4.97. The van der Waals surface area contributed by atoms with Crippen molar-refractivity contribution in [1.82, 2.24) is 14.4 Å². The van der Waals surface area contributed by atoms with E-state index in [4.69, 9.17) is 9.26 Å². The highest BCUT2D eigenvalue weighted by Gasteiger charge is 2.34. The van der Waals surface area contributed by atoms with Crippen LogP contribution in [-0.4, -0.2) is 61.5 Å². The number of ether oxygens (including phenoxy) is 1. The summed E-state index contributed by atoms with van der Waals surface area (Å²) in [6.45, 7) is 6.95. The Labute approximate surface area is 171 Å². The van der Waals surface area contributed by atoms with Gasteiger partial charge in [0.15, 0.2) is 5.76 Å². The first kappa shape index (κ1) is 21.3. The molecule has 0 atom stereocenters. The van der Waals surface area contributed by atoms with Crippen LogP contribution < -0.4 is 4.74 Å². The van der Waals surface area contributed by atoms with Crippen LogP contribution in [0.5, 0.6) is 5.75 Å². The lowest BCUT2D eigenvalue weighted by Gasteiger charge is -2.34. The second-order valence-corrected chi connectivity index (χ2v) is 9.08. The van der Waals surface area contributed by atoms with Crippen molar-refractivity contribution in [3.63, 3.8) is 0 Å². The van der Waals surface area contributed by atoms with E-state index in [1.165, 1.54) is 4.31 Å². The molecular formula is C20H27N3O5S. The molecule has 1 aliphatic rings. The SMILES string of the molecule is Cc1cccc(OCCCC(=O)N2CCN(S(=O)(=O)c3c(C)noc3C)CC2)c1.